The minimum absolute atomic E-state index is 0.000691. The molecule has 0 saturated carbocycles. The lowest BCUT2D eigenvalue weighted by atomic mass is 9.84. The molecule has 39 heavy (non-hydrogen) atoms. The molecule has 7 heteroatoms. The second-order valence-electron chi connectivity index (χ2n) is 10.8. The molecule has 2 aromatic carbocycles. The molecule has 0 N–H and O–H groups in total. The van der Waals surface area contributed by atoms with Gasteiger partial charge in [-0.3, -0.25) is 14.5 Å². The molecule has 3 heterocycles. The van der Waals surface area contributed by atoms with Crippen LogP contribution in [0.5, 0.6) is 0 Å². The molecular weight excluding hydrogens is 504 g/mol. The number of para-hydroxylation sites is 1. The second-order valence-corrected chi connectivity index (χ2v) is 11.8. The van der Waals surface area contributed by atoms with E-state index in [1.807, 2.05) is 54.4 Å². The molecule has 6 nitrogen and oxygen atoms in total. The van der Waals surface area contributed by atoms with E-state index in [1.54, 1.807) is 23.3 Å². The number of thiophene rings is 1. The van der Waals surface area contributed by atoms with Gasteiger partial charge in [0.1, 0.15) is 6.04 Å². The van der Waals surface area contributed by atoms with E-state index in [0.717, 1.165) is 29.5 Å². The fourth-order valence-corrected chi connectivity index (χ4v) is 7.15. The van der Waals surface area contributed by atoms with Crippen LogP contribution in [0.2, 0.25) is 0 Å². The van der Waals surface area contributed by atoms with Crippen molar-refractivity contribution in [1.82, 2.24) is 19.3 Å². The van der Waals surface area contributed by atoms with Crippen LogP contribution >= 0.6 is 11.3 Å². The molecule has 1 saturated heterocycles. The quantitative estimate of drug-likeness (QED) is 0.297. The molecule has 4 aromatic rings. The zero-order valence-corrected chi connectivity index (χ0v) is 24.2. The smallest absolute Gasteiger partial charge is 0.250 e. The molecule has 204 valence electrons. The summed E-state index contributed by atoms with van der Waals surface area (Å²) >= 11 is 1.78. The Morgan fingerprint density at radius 1 is 0.949 bits per heavy atom. The van der Waals surface area contributed by atoms with Gasteiger partial charge in [0, 0.05) is 55.6 Å². The third kappa shape index (κ3) is 5.25. The van der Waals surface area contributed by atoms with E-state index in [4.69, 9.17) is 0 Å². The van der Waals surface area contributed by atoms with E-state index >= 15 is 0 Å². The molecule has 5 rings (SSSR count). The predicted octanol–water partition coefficient (Wildman–Crippen LogP) is 5.45. The minimum Gasteiger partial charge on any atom is -0.350 e. The molecule has 1 fully saturated rings. The number of likely N-dealkylation sites (N-methyl/N-ethyl adjacent to an activating group) is 1. The van der Waals surface area contributed by atoms with E-state index in [1.165, 1.54) is 10.3 Å². The number of fused-ring (bicyclic) bond motifs is 1. The van der Waals surface area contributed by atoms with Crippen LogP contribution in [-0.2, 0) is 28.6 Å². The van der Waals surface area contributed by atoms with Crippen molar-refractivity contribution in [2.24, 2.45) is 7.05 Å². The molecule has 1 aliphatic rings. The number of carbonyl (C=O) groups is 2. The van der Waals surface area contributed by atoms with Crippen LogP contribution in [0.15, 0.2) is 78.3 Å². The Bertz CT molecular complexity index is 1420. The maximum Gasteiger partial charge on any atom is 0.250 e. The van der Waals surface area contributed by atoms with Crippen molar-refractivity contribution in [2.45, 2.75) is 37.3 Å². The van der Waals surface area contributed by atoms with Crippen molar-refractivity contribution in [3.63, 3.8) is 0 Å². The molecule has 2 aromatic heterocycles. The number of aromatic nitrogens is 1. The van der Waals surface area contributed by atoms with Gasteiger partial charge in [0.2, 0.25) is 11.8 Å². The molecule has 0 aliphatic carbocycles. The van der Waals surface area contributed by atoms with Gasteiger partial charge >= 0.3 is 0 Å². The van der Waals surface area contributed by atoms with Crippen LogP contribution in [0.1, 0.15) is 41.3 Å². The van der Waals surface area contributed by atoms with Crippen LogP contribution in [-0.4, -0.2) is 65.3 Å². The highest BCUT2D eigenvalue weighted by Crippen LogP contribution is 2.40. The zero-order chi connectivity index (χ0) is 27.6. The van der Waals surface area contributed by atoms with Crippen LogP contribution in [0.3, 0.4) is 0 Å². The summed E-state index contributed by atoms with van der Waals surface area (Å²) in [5.74, 6) is -0.0240. The molecule has 2 amide bonds. The third-order valence-electron chi connectivity index (χ3n) is 8.46. The number of benzene rings is 2. The van der Waals surface area contributed by atoms with Crippen molar-refractivity contribution in [1.29, 1.82) is 0 Å². The first-order valence-electron chi connectivity index (χ1n) is 13.7. The lowest BCUT2D eigenvalue weighted by molar-refractivity contribution is -0.146. The Morgan fingerprint density at radius 2 is 1.64 bits per heavy atom. The number of carbonyl (C=O) groups excluding carboxylic acids is 2. The fraction of sp³-hybridized carbons (Fsp3) is 0.375. The number of rotatable bonds is 8. The summed E-state index contributed by atoms with van der Waals surface area (Å²) in [7, 11) is 8.07. The fourth-order valence-electron chi connectivity index (χ4n) is 6.08. The highest BCUT2D eigenvalue weighted by Gasteiger charge is 2.42. The molecule has 0 spiro atoms. The minimum atomic E-state index is -0.639. The first-order chi connectivity index (χ1) is 18.8. The first-order valence-corrected chi connectivity index (χ1v) is 14.5. The number of hydrogen-bond donors (Lipinski definition) is 0. The summed E-state index contributed by atoms with van der Waals surface area (Å²) in [4.78, 5) is 34.9. The Hall–Kier alpha value is -3.42. The Labute approximate surface area is 235 Å². The Morgan fingerprint density at radius 3 is 2.31 bits per heavy atom. The van der Waals surface area contributed by atoms with E-state index in [-0.39, 0.29) is 17.4 Å². The Balaban J connectivity index is 1.33. The van der Waals surface area contributed by atoms with Gasteiger partial charge in [0.15, 0.2) is 0 Å². The van der Waals surface area contributed by atoms with Crippen LogP contribution in [0.4, 0.5) is 0 Å². The molecule has 1 aliphatic heterocycles. The third-order valence-corrected chi connectivity index (χ3v) is 9.52. The summed E-state index contributed by atoms with van der Waals surface area (Å²) in [6.07, 6.45) is 4.83. The van der Waals surface area contributed by atoms with Crippen LogP contribution < -0.4 is 0 Å². The van der Waals surface area contributed by atoms with Crippen molar-refractivity contribution >= 4 is 34.1 Å². The van der Waals surface area contributed by atoms with E-state index in [9.17, 15) is 9.59 Å². The first kappa shape index (κ1) is 27.2. The van der Waals surface area contributed by atoms with E-state index in [0.29, 0.717) is 25.9 Å². The standard InChI is InChI=1S/C32H38N4O2S/c1-33(2)32(28-15-10-22-39-28)18-20-36(21-19-32)31(38)30(24-11-6-5-7-12-24)35(4)29(37)17-16-25-23-34(3)27-14-9-8-13-26(25)27/h5-15,22-23,30H,16-21H2,1-4H3. The number of hydrogen-bond acceptors (Lipinski definition) is 4. The maximum atomic E-state index is 14.1. The van der Waals surface area contributed by atoms with Gasteiger partial charge < -0.3 is 14.4 Å². The van der Waals surface area contributed by atoms with E-state index in [2.05, 4.69) is 59.4 Å². The van der Waals surface area contributed by atoms with Gasteiger partial charge in [0.25, 0.3) is 0 Å². The second kappa shape index (κ2) is 11.4. The van der Waals surface area contributed by atoms with Crippen molar-refractivity contribution < 1.29 is 9.59 Å². The summed E-state index contributed by atoms with van der Waals surface area (Å²) in [5.41, 5.74) is 3.10. The zero-order valence-electron chi connectivity index (χ0n) is 23.3. The lowest BCUT2D eigenvalue weighted by Crippen LogP contribution is -2.53. The van der Waals surface area contributed by atoms with Crippen molar-refractivity contribution in [3.8, 4) is 0 Å². The highest BCUT2D eigenvalue weighted by atomic mass is 32.1. The topological polar surface area (TPSA) is 48.8 Å². The van der Waals surface area contributed by atoms with Gasteiger partial charge in [0.05, 0.1) is 5.54 Å². The maximum absolute atomic E-state index is 14.1. The summed E-state index contributed by atoms with van der Waals surface area (Å²) in [6, 6.07) is 21.7. The average molecular weight is 543 g/mol. The van der Waals surface area contributed by atoms with Gasteiger partial charge in [-0.2, -0.15) is 0 Å². The van der Waals surface area contributed by atoms with E-state index < -0.39 is 6.04 Å². The molecular formula is C32H38N4O2S. The number of likely N-dealkylation sites (tertiary alicyclic amines) is 1. The molecule has 1 unspecified atom stereocenters. The highest BCUT2D eigenvalue weighted by molar-refractivity contribution is 7.10. The molecule has 1 atom stereocenters. The molecule has 0 radical (unpaired) electrons. The lowest BCUT2D eigenvalue weighted by Gasteiger charge is -2.46. The summed E-state index contributed by atoms with van der Waals surface area (Å²) in [6.45, 7) is 1.33. The largest absolute Gasteiger partial charge is 0.350 e. The van der Waals surface area contributed by atoms with Gasteiger partial charge in [-0.15, -0.1) is 11.3 Å². The SMILES string of the molecule is CN(C(=O)CCc1cn(C)c2ccccc12)C(C(=O)N1CCC(c2cccs2)(N(C)C)CC1)c1ccccc1. The van der Waals surface area contributed by atoms with Crippen molar-refractivity contribution in [3.05, 3.63) is 94.3 Å². The monoisotopic (exact) mass is 542 g/mol. The Kier molecular flexibility index (Phi) is 7.91. The predicted molar refractivity (Wildman–Crippen MR) is 159 cm³/mol. The number of amides is 2. The number of nitrogens with zero attached hydrogens (tertiary/aromatic N) is 4. The van der Waals surface area contributed by atoms with Gasteiger partial charge in [-0.25, -0.2) is 0 Å². The number of piperidine rings is 1. The van der Waals surface area contributed by atoms with Gasteiger partial charge in [-0.05, 0) is 62.0 Å². The normalized spacial score (nSPS) is 16.0. The van der Waals surface area contributed by atoms with Crippen LogP contribution in [0, 0.1) is 0 Å². The molecule has 0 bridgehead atoms. The van der Waals surface area contributed by atoms with Gasteiger partial charge in [-0.1, -0.05) is 54.6 Å². The van der Waals surface area contributed by atoms with Crippen LogP contribution in [0.25, 0.3) is 10.9 Å². The summed E-state index contributed by atoms with van der Waals surface area (Å²) < 4.78 is 2.11. The average Bonchev–Trinajstić information content (AvgIpc) is 3.61. The van der Waals surface area contributed by atoms with Crippen molar-refractivity contribution in [2.75, 3.05) is 34.2 Å². The summed E-state index contributed by atoms with van der Waals surface area (Å²) in [5, 5.41) is 3.30. The number of aryl methyl sites for hydroxylation is 2.